The normalized spacial score (nSPS) is 11.4. The van der Waals surface area contributed by atoms with E-state index in [0.29, 0.717) is 5.69 Å². The zero-order valence-electron chi connectivity index (χ0n) is 8.12. The second-order valence-corrected chi connectivity index (χ2v) is 4.18. The lowest BCUT2D eigenvalue weighted by Crippen LogP contribution is -2.29. The molecule has 0 fully saturated rings. The molecule has 0 radical (unpaired) electrons. The highest BCUT2D eigenvalue weighted by Gasteiger charge is 2.30. The number of nitrogens with zero attached hydrogens (tertiary/aromatic N) is 1. The first-order chi connectivity index (χ1) is 6.48. The molecule has 14 heavy (non-hydrogen) atoms. The van der Waals surface area contributed by atoms with Gasteiger partial charge in [-0.05, 0) is 25.5 Å². The number of hydrogen-bond donors (Lipinski definition) is 1. The number of halogens is 1. The predicted molar refractivity (Wildman–Crippen MR) is 57.5 cm³/mol. The summed E-state index contributed by atoms with van der Waals surface area (Å²) in [6.07, 6.45) is 1.69. The maximum atomic E-state index is 10.9. The van der Waals surface area contributed by atoms with Crippen LogP contribution in [0.25, 0.3) is 0 Å². The lowest BCUT2D eigenvalue weighted by atomic mass is 9.89. The zero-order valence-corrected chi connectivity index (χ0v) is 9.71. The van der Waals surface area contributed by atoms with Crippen LogP contribution in [0.15, 0.2) is 18.3 Å². The summed E-state index contributed by atoms with van der Waals surface area (Å²) in [7, 11) is 0. The summed E-state index contributed by atoms with van der Waals surface area (Å²) in [5.41, 5.74) is 0.690. The summed E-state index contributed by atoms with van der Waals surface area (Å²) in [4.78, 5) is 15.1. The summed E-state index contributed by atoms with van der Waals surface area (Å²) >= 11 is 3.31. The second kappa shape index (κ2) is 4.09. The molecule has 0 saturated carbocycles. The summed E-state index contributed by atoms with van der Waals surface area (Å²) < 4.78 is 0. The van der Waals surface area contributed by atoms with Crippen LogP contribution >= 0.6 is 15.9 Å². The topological polar surface area (TPSA) is 50.2 Å². The molecule has 0 aliphatic carbocycles. The van der Waals surface area contributed by atoms with E-state index < -0.39 is 11.4 Å². The average molecular weight is 258 g/mol. The Balaban J connectivity index is 3.02. The fraction of sp³-hybridized carbons (Fsp3) is 0.400. The van der Waals surface area contributed by atoms with Gasteiger partial charge in [0, 0.05) is 11.5 Å². The van der Waals surface area contributed by atoms with Gasteiger partial charge in [-0.25, -0.2) is 0 Å². The van der Waals surface area contributed by atoms with Gasteiger partial charge >= 0.3 is 5.97 Å². The van der Waals surface area contributed by atoms with Crippen LogP contribution in [0.5, 0.6) is 0 Å². The van der Waals surface area contributed by atoms with Crippen molar-refractivity contribution in [2.45, 2.75) is 24.6 Å². The monoisotopic (exact) mass is 257 g/mol. The van der Waals surface area contributed by atoms with Crippen LogP contribution in [0.2, 0.25) is 0 Å². The highest BCUT2D eigenvalue weighted by molar-refractivity contribution is 9.08. The molecule has 3 nitrogen and oxygen atoms in total. The fourth-order valence-electron chi connectivity index (χ4n) is 0.983. The van der Waals surface area contributed by atoms with Gasteiger partial charge in [0.25, 0.3) is 0 Å². The molecule has 4 heteroatoms. The molecule has 0 spiro atoms. The van der Waals surface area contributed by atoms with Gasteiger partial charge in [-0.1, -0.05) is 22.0 Å². The van der Waals surface area contributed by atoms with Gasteiger partial charge in [0.15, 0.2) is 0 Å². The van der Waals surface area contributed by atoms with Crippen LogP contribution in [-0.2, 0) is 15.5 Å². The zero-order chi connectivity index (χ0) is 10.8. The van der Waals surface area contributed by atoms with E-state index in [-0.39, 0.29) is 0 Å². The van der Waals surface area contributed by atoms with Crippen LogP contribution in [0.4, 0.5) is 0 Å². The van der Waals surface area contributed by atoms with E-state index in [1.165, 1.54) is 0 Å². The third kappa shape index (κ3) is 2.12. The Bertz CT molecular complexity index is 332. The van der Waals surface area contributed by atoms with Crippen LogP contribution in [0.3, 0.4) is 0 Å². The number of aliphatic carboxylic acids is 1. The van der Waals surface area contributed by atoms with Crippen molar-refractivity contribution in [3.8, 4) is 0 Å². The molecule has 1 heterocycles. The van der Waals surface area contributed by atoms with Gasteiger partial charge in [0.05, 0.1) is 5.69 Å². The van der Waals surface area contributed by atoms with Crippen molar-refractivity contribution in [1.82, 2.24) is 4.98 Å². The first-order valence-corrected chi connectivity index (χ1v) is 5.35. The quantitative estimate of drug-likeness (QED) is 0.846. The average Bonchev–Trinajstić information content (AvgIpc) is 2.17. The molecule has 0 aliphatic rings. The SMILES string of the molecule is CC(C)(C(=O)O)c1ccc(CBr)cn1. The molecule has 0 aliphatic heterocycles. The smallest absolute Gasteiger partial charge is 0.315 e. The Kier molecular flexibility index (Phi) is 3.26. The second-order valence-electron chi connectivity index (χ2n) is 3.62. The molecular weight excluding hydrogens is 246 g/mol. The standard InChI is InChI=1S/C10H12BrNO2/c1-10(2,9(13)14)8-4-3-7(5-11)6-12-8/h3-4,6H,5H2,1-2H3,(H,13,14). The third-order valence-electron chi connectivity index (χ3n) is 2.15. The van der Waals surface area contributed by atoms with Crippen molar-refractivity contribution in [1.29, 1.82) is 0 Å². The molecule has 1 aromatic rings. The number of carboxylic acids is 1. The van der Waals surface area contributed by atoms with Gasteiger partial charge in [-0.3, -0.25) is 9.78 Å². The van der Waals surface area contributed by atoms with Crippen molar-refractivity contribution in [2.24, 2.45) is 0 Å². The molecule has 0 amide bonds. The van der Waals surface area contributed by atoms with Crippen molar-refractivity contribution in [3.05, 3.63) is 29.6 Å². The van der Waals surface area contributed by atoms with Crippen molar-refractivity contribution in [2.75, 3.05) is 0 Å². The lowest BCUT2D eigenvalue weighted by Gasteiger charge is -2.18. The number of carbonyl (C=O) groups is 1. The highest BCUT2D eigenvalue weighted by Crippen LogP contribution is 2.21. The summed E-state index contributed by atoms with van der Waals surface area (Å²) in [5.74, 6) is -0.864. The minimum atomic E-state index is -0.926. The summed E-state index contributed by atoms with van der Waals surface area (Å²) in [5, 5.41) is 9.70. The van der Waals surface area contributed by atoms with Gasteiger partial charge in [-0.2, -0.15) is 0 Å². The third-order valence-corrected chi connectivity index (χ3v) is 2.80. The first-order valence-electron chi connectivity index (χ1n) is 4.23. The Morgan fingerprint density at radius 1 is 1.57 bits per heavy atom. The van der Waals surface area contributed by atoms with E-state index >= 15 is 0 Å². The minimum absolute atomic E-state index is 0.578. The maximum Gasteiger partial charge on any atom is 0.315 e. The summed E-state index contributed by atoms with van der Waals surface area (Å²) in [6.45, 7) is 3.29. The van der Waals surface area contributed by atoms with Crippen molar-refractivity contribution < 1.29 is 9.90 Å². The Hall–Kier alpha value is -0.900. The van der Waals surface area contributed by atoms with E-state index in [2.05, 4.69) is 20.9 Å². The maximum absolute atomic E-state index is 10.9. The fourth-order valence-corrected chi connectivity index (χ4v) is 1.31. The number of pyridine rings is 1. The Labute approximate surface area is 91.3 Å². The molecule has 1 aromatic heterocycles. The number of aromatic nitrogens is 1. The number of rotatable bonds is 3. The molecule has 1 rings (SSSR count). The van der Waals surface area contributed by atoms with Crippen LogP contribution in [0, 0.1) is 0 Å². The minimum Gasteiger partial charge on any atom is -0.481 e. The number of hydrogen-bond acceptors (Lipinski definition) is 2. The largest absolute Gasteiger partial charge is 0.481 e. The van der Waals surface area contributed by atoms with Crippen LogP contribution < -0.4 is 0 Å². The van der Waals surface area contributed by atoms with E-state index in [4.69, 9.17) is 5.11 Å². The molecular formula is C10H12BrNO2. The number of carboxylic acid groups (broad SMARTS) is 1. The predicted octanol–water partition coefficient (Wildman–Crippen LogP) is 2.34. The molecule has 1 N–H and O–H groups in total. The van der Waals surface area contributed by atoms with E-state index in [0.717, 1.165) is 10.9 Å². The van der Waals surface area contributed by atoms with E-state index in [1.54, 1.807) is 26.1 Å². The van der Waals surface area contributed by atoms with Crippen molar-refractivity contribution in [3.63, 3.8) is 0 Å². The molecule has 0 aromatic carbocycles. The first kappa shape index (κ1) is 11.2. The van der Waals surface area contributed by atoms with E-state index in [9.17, 15) is 4.79 Å². The highest BCUT2D eigenvalue weighted by atomic mass is 79.9. The van der Waals surface area contributed by atoms with Crippen molar-refractivity contribution >= 4 is 21.9 Å². The molecule has 0 bridgehead atoms. The molecule has 76 valence electrons. The molecule has 0 unspecified atom stereocenters. The molecule has 0 atom stereocenters. The van der Waals surface area contributed by atoms with Crippen LogP contribution in [-0.4, -0.2) is 16.1 Å². The van der Waals surface area contributed by atoms with Gasteiger partial charge in [0.2, 0.25) is 0 Å². The van der Waals surface area contributed by atoms with E-state index in [1.807, 2.05) is 6.07 Å². The van der Waals surface area contributed by atoms with Gasteiger partial charge in [0.1, 0.15) is 5.41 Å². The lowest BCUT2D eigenvalue weighted by molar-refractivity contribution is -0.142. The summed E-state index contributed by atoms with van der Waals surface area (Å²) in [6, 6.07) is 3.63. The molecule has 0 saturated heterocycles. The van der Waals surface area contributed by atoms with Gasteiger partial charge < -0.3 is 5.11 Å². The Morgan fingerprint density at radius 2 is 2.21 bits per heavy atom. The van der Waals surface area contributed by atoms with Gasteiger partial charge in [-0.15, -0.1) is 0 Å². The number of alkyl halides is 1. The van der Waals surface area contributed by atoms with Crippen LogP contribution in [0.1, 0.15) is 25.1 Å². The Morgan fingerprint density at radius 3 is 2.57 bits per heavy atom.